The predicted molar refractivity (Wildman–Crippen MR) is 71.4 cm³/mol. The molecule has 6 nitrogen and oxygen atoms in total. The summed E-state index contributed by atoms with van der Waals surface area (Å²) < 4.78 is 5.62. The van der Waals surface area contributed by atoms with Crippen LogP contribution in [0.15, 0.2) is 4.79 Å². The molecule has 1 aromatic rings. The zero-order valence-electron chi connectivity index (χ0n) is 11.6. The fourth-order valence-corrected chi connectivity index (χ4v) is 2.32. The summed E-state index contributed by atoms with van der Waals surface area (Å²) >= 11 is 0. The molecule has 1 aromatic heterocycles. The van der Waals surface area contributed by atoms with E-state index in [9.17, 15) is 9.90 Å². The number of aromatic nitrogens is 2. The van der Waals surface area contributed by atoms with E-state index in [2.05, 4.69) is 21.8 Å². The molecule has 0 spiro atoms. The van der Waals surface area contributed by atoms with Gasteiger partial charge in [0, 0.05) is 13.1 Å². The van der Waals surface area contributed by atoms with Crippen molar-refractivity contribution in [3.8, 4) is 5.88 Å². The molecule has 0 amide bonds. The summed E-state index contributed by atoms with van der Waals surface area (Å²) in [4.78, 5) is 21.0. The van der Waals surface area contributed by atoms with Crippen LogP contribution < -0.4 is 5.56 Å². The first-order valence-corrected chi connectivity index (χ1v) is 6.70. The number of aromatic amines is 1. The number of H-pyrrole nitrogens is 1. The van der Waals surface area contributed by atoms with Gasteiger partial charge in [0.2, 0.25) is 5.88 Å². The lowest BCUT2D eigenvalue weighted by Crippen LogP contribution is -2.39. The highest BCUT2D eigenvalue weighted by atomic mass is 16.5. The van der Waals surface area contributed by atoms with E-state index in [1.165, 1.54) is 0 Å². The number of likely N-dealkylation sites (N-methyl/N-ethyl adjacent to an activating group) is 1. The van der Waals surface area contributed by atoms with Gasteiger partial charge in [-0.3, -0.25) is 9.69 Å². The molecule has 19 heavy (non-hydrogen) atoms. The molecule has 1 aliphatic rings. The van der Waals surface area contributed by atoms with Gasteiger partial charge in [0.15, 0.2) is 0 Å². The van der Waals surface area contributed by atoms with Crippen LogP contribution in [0.3, 0.4) is 0 Å². The van der Waals surface area contributed by atoms with E-state index in [1.54, 1.807) is 0 Å². The van der Waals surface area contributed by atoms with Gasteiger partial charge in [-0.1, -0.05) is 20.8 Å². The topological polar surface area (TPSA) is 78.5 Å². The number of morpholine rings is 1. The number of hydrogen-bond acceptors (Lipinski definition) is 5. The van der Waals surface area contributed by atoms with Crippen LogP contribution in [0.5, 0.6) is 5.88 Å². The van der Waals surface area contributed by atoms with Crippen molar-refractivity contribution in [2.45, 2.75) is 32.8 Å². The summed E-state index contributed by atoms with van der Waals surface area (Å²) in [7, 11) is 0. The van der Waals surface area contributed by atoms with E-state index in [1.807, 2.05) is 13.8 Å². The summed E-state index contributed by atoms with van der Waals surface area (Å²) in [6.45, 7) is 8.88. The van der Waals surface area contributed by atoms with Gasteiger partial charge in [-0.2, -0.15) is 4.98 Å². The van der Waals surface area contributed by atoms with Gasteiger partial charge in [-0.25, -0.2) is 0 Å². The van der Waals surface area contributed by atoms with Crippen LogP contribution in [-0.4, -0.2) is 46.2 Å². The molecule has 1 unspecified atom stereocenters. The zero-order valence-corrected chi connectivity index (χ0v) is 11.6. The Morgan fingerprint density at radius 3 is 2.89 bits per heavy atom. The first-order chi connectivity index (χ1) is 9.02. The van der Waals surface area contributed by atoms with E-state index in [0.717, 1.165) is 13.1 Å². The van der Waals surface area contributed by atoms with Gasteiger partial charge in [-0.15, -0.1) is 0 Å². The van der Waals surface area contributed by atoms with Crippen molar-refractivity contribution in [1.29, 1.82) is 0 Å². The second kappa shape index (κ2) is 5.71. The Morgan fingerprint density at radius 1 is 1.58 bits per heavy atom. The molecular weight excluding hydrogens is 246 g/mol. The molecule has 1 fully saturated rings. The van der Waals surface area contributed by atoms with Crippen molar-refractivity contribution < 1.29 is 9.84 Å². The summed E-state index contributed by atoms with van der Waals surface area (Å²) in [5, 5.41) is 9.90. The predicted octanol–water partition coefficient (Wildman–Crippen LogP) is 0.992. The molecular formula is C13H21N3O3. The minimum absolute atomic E-state index is 0.0651. The van der Waals surface area contributed by atoms with Gasteiger partial charge in [0.05, 0.1) is 12.2 Å². The Bertz CT molecular complexity index is 498. The summed E-state index contributed by atoms with van der Waals surface area (Å²) in [6.07, 6.45) is -0.284. The van der Waals surface area contributed by atoms with Crippen LogP contribution in [0.1, 0.15) is 44.2 Å². The SMILES string of the molecule is CCN1CCOC(c2nc(O)c(C(C)C)c(=O)[nH]2)C1. The minimum atomic E-state index is -0.284. The summed E-state index contributed by atoms with van der Waals surface area (Å²) in [6, 6.07) is 0. The Kier molecular flexibility index (Phi) is 4.21. The van der Waals surface area contributed by atoms with Crippen molar-refractivity contribution in [3.05, 3.63) is 21.7 Å². The van der Waals surface area contributed by atoms with E-state index < -0.39 is 0 Å². The van der Waals surface area contributed by atoms with Crippen LogP contribution in [-0.2, 0) is 4.74 Å². The van der Waals surface area contributed by atoms with Gasteiger partial charge in [0.1, 0.15) is 11.9 Å². The quantitative estimate of drug-likeness (QED) is 0.854. The maximum atomic E-state index is 12.0. The van der Waals surface area contributed by atoms with Crippen molar-refractivity contribution in [2.24, 2.45) is 0 Å². The van der Waals surface area contributed by atoms with Crippen molar-refractivity contribution >= 4 is 0 Å². The van der Waals surface area contributed by atoms with E-state index in [0.29, 0.717) is 24.5 Å². The maximum Gasteiger partial charge on any atom is 0.258 e. The second-order valence-electron chi connectivity index (χ2n) is 5.10. The van der Waals surface area contributed by atoms with Gasteiger partial charge >= 0.3 is 0 Å². The lowest BCUT2D eigenvalue weighted by Gasteiger charge is -2.31. The molecule has 2 rings (SSSR count). The van der Waals surface area contributed by atoms with Gasteiger partial charge < -0.3 is 14.8 Å². The third kappa shape index (κ3) is 2.96. The second-order valence-corrected chi connectivity index (χ2v) is 5.10. The molecule has 0 radical (unpaired) electrons. The fourth-order valence-electron chi connectivity index (χ4n) is 2.32. The minimum Gasteiger partial charge on any atom is -0.493 e. The third-order valence-corrected chi connectivity index (χ3v) is 3.43. The molecule has 1 saturated heterocycles. The standard InChI is InChI=1S/C13H21N3O3/c1-4-16-5-6-19-9(7-16)11-14-12(17)10(8(2)3)13(18)15-11/h8-9H,4-7H2,1-3H3,(H2,14,15,17,18). The lowest BCUT2D eigenvalue weighted by molar-refractivity contribution is -0.0329. The molecule has 1 atom stereocenters. The highest BCUT2D eigenvalue weighted by Crippen LogP contribution is 2.23. The van der Waals surface area contributed by atoms with Crippen LogP contribution >= 0.6 is 0 Å². The normalized spacial score (nSPS) is 20.9. The van der Waals surface area contributed by atoms with Gasteiger partial charge in [0.25, 0.3) is 5.56 Å². The van der Waals surface area contributed by atoms with Crippen molar-refractivity contribution in [1.82, 2.24) is 14.9 Å². The number of rotatable bonds is 3. The highest BCUT2D eigenvalue weighted by Gasteiger charge is 2.25. The van der Waals surface area contributed by atoms with Crippen LogP contribution in [0.4, 0.5) is 0 Å². The van der Waals surface area contributed by atoms with E-state index in [-0.39, 0.29) is 23.5 Å². The first kappa shape index (κ1) is 14.0. The van der Waals surface area contributed by atoms with Gasteiger partial charge in [-0.05, 0) is 12.5 Å². The van der Waals surface area contributed by atoms with E-state index >= 15 is 0 Å². The van der Waals surface area contributed by atoms with E-state index in [4.69, 9.17) is 4.74 Å². The molecule has 6 heteroatoms. The van der Waals surface area contributed by atoms with Crippen LogP contribution in [0.25, 0.3) is 0 Å². The molecule has 0 bridgehead atoms. The molecule has 2 heterocycles. The van der Waals surface area contributed by atoms with Crippen LogP contribution in [0, 0.1) is 0 Å². The highest BCUT2D eigenvalue weighted by molar-refractivity contribution is 5.26. The Morgan fingerprint density at radius 2 is 2.32 bits per heavy atom. The Labute approximate surface area is 112 Å². The monoisotopic (exact) mass is 267 g/mol. The average molecular weight is 267 g/mol. The molecule has 106 valence electrons. The van der Waals surface area contributed by atoms with Crippen LogP contribution in [0.2, 0.25) is 0 Å². The molecule has 1 aliphatic heterocycles. The Hall–Kier alpha value is -1.40. The maximum absolute atomic E-state index is 12.0. The zero-order chi connectivity index (χ0) is 14.0. The summed E-state index contributed by atoms with van der Waals surface area (Å²) in [5.74, 6) is 0.153. The fraction of sp³-hybridized carbons (Fsp3) is 0.692. The largest absolute Gasteiger partial charge is 0.493 e. The lowest BCUT2D eigenvalue weighted by atomic mass is 10.1. The number of aromatic hydroxyl groups is 1. The average Bonchev–Trinajstić information content (AvgIpc) is 2.37. The number of ether oxygens (including phenoxy) is 1. The Balaban J connectivity index is 2.29. The van der Waals surface area contributed by atoms with Crippen molar-refractivity contribution in [2.75, 3.05) is 26.2 Å². The molecule has 2 N–H and O–H groups in total. The number of hydrogen-bond donors (Lipinski definition) is 2. The summed E-state index contributed by atoms with van der Waals surface area (Å²) in [5.41, 5.74) is 0.0432. The number of nitrogens with zero attached hydrogens (tertiary/aromatic N) is 2. The molecule has 0 aliphatic carbocycles. The third-order valence-electron chi connectivity index (χ3n) is 3.43. The first-order valence-electron chi connectivity index (χ1n) is 6.70. The molecule has 0 saturated carbocycles. The molecule has 0 aromatic carbocycles. The number of nitrogens with one attached hydrogen (secondary N) is 1. The van der Waals surface area contributed by atoms with Crippen molar-refractivity contribution in [3.63, 3.8) is 0 Å². The smallest absolute Gasteiger partial charge is 0.258 e.